The van der Waals surface area contributed by atoms with Crippen LogP contribution >= 0.6 is 0 Å². The van der Waals surface area contributed by atoms with Crippen LogP contribution in [0.3, 0.4) is 0 Å². The Hall–Kier alpha value is -10.1. The third-order valence-corrected chi connectivity index (χ3v) is 16.4. The molecule has 2 aliphatic rings. The summed E-state index contributed by atoms with van der Waals surface area (Å²) >= 11 is 0. The Morgan fingerprint density at radius 2 is 0.830 bits per heavy atom. The minimum atomic E-state index is -6.32. The molecule has 2 atom stereocenters. The first-order valence-corrected chi connectivity index (χ1v) is 26.5. The van der Waals surface area contributed by atoms with Crippen molar-refractivity contribution in [3.05, 3.63) is 237 Å². The van der Waals surface area contributed by atoms with Crippen LogP contribution in [-0.2, 0) is 16.2 Å². The lowest BCUT2D eigenvalue weighted by molar-refractivity contribution is -0.288. The largest absolute Gasteiger partial charge is 0.457 e. The summed E-state index contributed by atoms with van der Waals surface area (Å²) in [6, 6.07) is 30.7. The van der Waals surface area contributed by atoms with E-state index >= 15 is 52.7 Å². The molecule has 0 aliphatic carbocycles. The lowest BCUT2D eigenvalue weighted by Gasteiger charge is -2.38. The van der Waals surface area contributed by atoms with Crippen LogP contribution in [0, 0.1) is 13.8 Å². The van der Waals surface area contributed by atoms with Crippen LogP contribution in [0.15, 0.2) is 179 Å². The minimum absolute atomic E-state index is 0.0217. The molecule has 4 amide bonds. The van der Waals surface area contributed by atoms with Gasteiger partial charge in [-0.15, -0.1) is 0 Å². The number of hydrogen-bond acceptors (Lipinski definition) is 9. The molecule has 88 heavy (non-hydrogen) atoms. The number of benzene rings is 8. The van der Waals surface area contributed by atoms with E-state index in [1.54, 1.807) is 24.3 Å². The molecule has 10 aromatic rings. The normalized spacial score (nSPS) is 15.5. The van der Waals surface area contributed by atoms with Gasteiger partial charge in [0, 0.05) is 12.5 Å². The van der Waals surface area contributed by atoms with E-state index in [-0.39, 0.29) is 68.2 Å². The number of amides is 4. The predicted octanol–water partition coefficient (Wildman–Crippen LogP) is 16.8. The van der Waals surface area contributed by atoms with Crippen LogP contribution in [0.1, 0.15) is 100 Å². The van der Waals surface area contributed by atoms with Gasteiger partial charge < -0.3 is 13.6 Å². The molecule has 0 fully saturated rings. The van der Waals surface area contributed by atoms with E-state index in [0.717, 1.165) is 61.9 Å². The van der Waals surface area contributed by atoms with Crippen LogP contribution in [0.4, 0.5) is 64.1 Å². The van der Waals surface area contributed by atoms with Gasteiger partial charge in [0.05, 0.1) is 33.6 Å². The van der Waals surface area contributed by atoms with Crippen LogP contribution in [0.5, 0.6) is 11.5 Å². The highest BCUT2D eigenvalue weighted by atomic mass is 19.4. The summed E-state index contributed by atoms with van der Waals surface area (Å²) < 4.78 is 204. The van der Waals surface area contributed by atoms with Crippen LogP contribution < -0.4 is 14.5 Å². The molecule has 4 heterocycles. The maximum Gasteiger partial charge on any atom is 0.411 e. The van der Waals surface area contributed by atoms with Crippen molar-refractivity contribution in [2.75, 3.05) is 9.80 Å². The molecular weight excluding hydrogens is 1180 g/mol. The summed E-state index contributed by atoms with van der Waals surface area (Å²) in [7, 11) is 0. The molecule has 23 heteroatoms. The minimum Gasteiger partial charge on any atom is -0.457 e. The van der Waals surface area contributed by atoms with Crippen molar-refractivity contribution in [1.82, 2.24) is 9.97 Å². The number of fused-ring (bicyclic) bond motifs is 4. The highest BCUT2D eigenvalue weighted by molar-refractivity contribution is 6.35. The number of rotatable bonds is 11. The number of halogens is 12. The zero-order valence-corrected chi connectivity index (χ0v) is 45.8. The predicted molar refractivity (Wildman–Crippen MR) is 295 cm³/mol. The van der Waals surface area contributed by atoms with Gasteiger partial charge in [0.25, 0.3) is 23.6 Å². The standard InChI is InChI=1S/C65H40F12N4O7/c1-33-11-19-44(20-12-33)87-45-21-17-42(18-22-45)80-55(82)46-23-13-40(29-48(46)57(80)84)61(64(72,73)74,65(75,76)77)41-14-24-47-49(30-41)58(85)81(56(47)83)43-10-6-9-37(28-43)59(3,62(66,67)68)36-8-5-7-35(27-36)54-79-51-32-39(16-26-53(51)88-54)60(4,63(69,70)71)38-15-25-52-50(31-38)78-34(2)86-52/h5-32H,1-4H3. The van der Waals surface area contributed by atoms with E-state index < -0.39 is 115 Å². The van der Waals surface area contributed by atoms with Gasteiger partial charge in [0.2, 0.25) is 11.3 Å². The van der Waals surface area contributed by atoms with Crippen LogP contribution in [0.25, 0.3) is 33.7 Å². The maximum atomic E-state index is 15.8. The molecule has 0 N–H and O–H groups in total. The average Bonchev–Trinajstić information content (AvgIpc) is 1.12. The zero-order valence-electron chi connectivity index (χ0n) is 45.8. The number of nitrogens with zero attached hydrogens (tertiary/aromatic N) is 4. The van der Waals surface area contributed by atoms with Gasteiger partial charge in [-0.3, -0.25) is 19.2 Å². The Labute approximate surface area is 489 Å². The molecular formula is C65H40F12N4O7. The first-order valence-electron chi connectivity index (χ1n) is 26.5. The van der Waals surface area contributed by atoms with Crippen molar-refractivity contribution in [3.63, 3.8) is 0 Å². The third kappa shape index (κ3) is 8.98. The van der Waals surface area contributed by atoms with Gasteiger partial charge in [0.15, 0.2) is 17.1 Å². The number of aryl methyl sites for hydroxylation is 2. The molecule has 8 aromatic carbocycles. The number of anilines is 2. The summed E-state index contributed by atoms with van der Waals surface area (Å²) in [5, 5.41) is 0. The molecule has 0 radical (unpaired) electrons. The molecule has 2 aromatic heterocycles. The SMILES string of the molecule is Cc1ccc(Oc2ccc(N3C(=O)c4ccc(C(c5ccc6c(c5)C(=O)N(c5cccc(C(C)(c7cccc(-c8nc9cc(C(C)(c%10ccc%11oc(C)nc%11c%10)C(F)(F)F)ccc9o8)c7)C(F)(F)F)c5)C6=O)(C(F)(F)F)C(F)(F)F)cc4C3=O)cc2)cc1. The monoisotopic (exact) mass is 1220 g/mol. The van der Waals surface area contributed by atoms with E-state index in [1.165, 1.54) is 73.7 Å². The Morgan fingerprint density at radius 3 is 1.34 bits per heavy atom. The number of carbonyl (C=O) groups is 4. The average molecular weight is 1220 g/mol. The Morgan fingerprint density at radius 1 is 0.398 bits per heavy atom. The number of carbonyl (C=O) groups excluding carboxylic acids is 4. The van der Waals surface area contributed by atoms with Crippen LogP contribution in [-0.4, -0.2) is 58.3 Å². The maximum absolute atomic E-state index is 15.8. The number of imide groups is 2. The van der Waals surface area contributed by atoms with Crippen molar-refractivity contribution in [3.8, 4) is 23.0 Å². The van der Waals surface area contributed by atoms with Gasteiger partial charge in [-0.2, -0.15) is 52.7 Å². The lowest BCUT2D eigenvalue weighted by atomic mass is 9.71. The molecule has 2 unspecified atom stereocenters. The van der Waals surface area contributed by atoms with E-state index in [1.807, 2.05) is 6.92 Å². The van der Waals surface area contributed by atoms with Crippen molar-refractivity contribution < 1.29 is 85.4 Å². The molecule has 0 spiro atoms. The number of aromatic nitrogens is 2. The molecule has 12 rings (SSSR count). The second-order valence-electron chi connectivity index (χ2n) is 21.6. The zero-order chi connectivity index (χ0) is 63.0. The summed E-state index contributed by atoms with van der Waals surface area (Å²) in [6.45, 7) is 5.14. The lowest BCUT2D eigenvalue weighted by Crippen LogP contribution is -2.55. The van der Waals surface area contributed by atoms with Crippen molar-refractivity contribution in [2.45, 2.75) is 68.6 Å². The van der Waals surface area contributed by atoms with Gasteiger partial charge >= 0.3 is 24.7 Å². The summed E-state index contributed by atoms with van der Waals surface area (Å²) in [5.74, 6) is -4.51. The van der Waals surface area contributed by atoms with Crippen molar-refractivity contribution >= 4 is 57.2 Å². The van der Waals surface area contributed by atoms with Crippen molar-refractivity contribution in [2.24, 2.45) is 0 Å². The van der Waals surface area contributed by atoms with E-state index in [2.05, 4.69) is 9.97 Å². The topological polar surface area (TPSA) is 136 Å². The second-order valence-corrected chi connectivity index (χ2v) is 21.6. The van der Waals surface area contributed by atoms with Gasteiger partial charge in [0.1, 0.15) is 33.4 Å². The molecule has 446 valence electrons. The first kappa shape index (κ1) is 58.3. The van der Waals surface area contributed by atoms with E-state index in [4.69, 9.17) is 13.6 Å². The highest BCUT2D eigenvalue weighted by Crippen LogP contribution is 2.58. The smallest absolute Gasteiger partial charge is 0.411 e. The fourth-order valence-corrected chi connectivity index (χ4v) is 11.4. The van der Waals surface area contributed by atoms with Gasteiger partial charge in [-0.05, 0) is 163 Å². The molecule has 11 nitrogen and oxygen atoms in total. The Bertz CT molecular complexity index is 4530. The van der Waals surface area contributed by atoms with Gasteiger partial charge in [-0.1, -0.05) is 66.2 Å². The van der Waals surface area contributed by atoms with Crippen LogP contribution in [0.2, 0.25) is 0 Å². The fourth-order valence-electron chi connectivity index (χ4n) is 11.4. The summed E-state index contributed by atoms with van der Waals surface area (Å²) in [5.41, 5.74) is -17.9. The Balaban J connectivity index is 0.853. The Kier molecular flexibility index (Phi) is 13.3. The van der Waals surface area contributed by atoms with E-state index in [0.29, 0.717) is 45.9 Å². The molecule has 2 aliphatic heterocycles. The summed E-state index contributed by atoms with van der Waals surface area (Å²) in [6.07, 6.45) is -22.7. The third-order valence-electron chi connectivity index (χ3n) is 16.4. The first-order chi connectivity index (χ1) is 41.3. The summed E-state index contributed by atoms with van der Waals surface area (Å²) in [4.78, 5) is 65.4. The number of oxazole rings is 2. The second kappa shape index (κ2) is 20.0. The quantitative estimate of drug-likeness (QED) is 0.0916. The van der Waals surface area contributed by atoms with Gasteiger partial charge in [-0.25, -0.2) is 19.8 Å². The van der Waals surface area contributed by atoms with E-state index in [9.17, 15) is 19.2 Å². The number of ether oxygens (including phenoxy) is 1. The molecule has 0 saturated heterocycles. The van der Waals surface area contributed by atoms with Crippen molar-refractivity contribution in [1.29, 1.82) is 0 Å². The fraction of sp³-hybridized carbons (Fsp3) is 0.169. The molecule has 0 saturated carbocycles. The number of alkyl halides is 12. The number of hydrogen-bond donors (Lipinski definition) is 0. The molecule has 0 bridgehead atoms. The highest BCUT2D eigenvalue weighted by Gasteiger charge is 2.73.